The summed E-state index contributed by atoms with van der Waals surface area (Å²) in [6.45, 7) is 12.7. The summed E-state index contributed by atoms with van der Waals surface area (Å²) in [5.74, 6) is -1.65. The fourth-order valence-corrected chi connectivity index (χ4v) is 8.89. The number of rotatable bonds is 5. The van der Waals surface area contributed by atoms with Crippen molar-refractivity contribution in [2.75, 3.05) is 29.6 Å². The van der Waals surface area contributed by atoms with E-state index in [1.807, 2.05) is 38.4 Å². The summed E-state index contributed by atoms with van der Waals surface area (Å²) in [6.07, 6.45) is 0. The standard InChI is InChI=1S/C44H42N8O6/c1-19-43(3,4)25-15-23(29(17-33(25)51(19)7)45-39(55)21-9-11-27-31(13-21)49-41(57)47-27)35-37(53)36(38(35)54)24-16-26-34(52(8)20(2)44(26,5)6)18-30(24)46-40(56)22-10-12-28-32(14-22)50-42(58)48-28/h9-20H,1-8H3,(H6,45,46,47,48,49,50,53,54,55,56,57,58)/p+1. The molecule has 0 bridgehead atoms. The van der Waals surface area contributed by atoms with Crippen molar-refractivity contribution in [3.8, 4) is 0 Å². The molecule has 0 saturated heterocycles. The Balaban J connectivity index is 1.21. The minimum absolute atomic E-state index is 0.0425. The number of ketones is 1. The third kappa shape index (κ3) is 5.23. The van der Waals surface area contributed by atoms with Gasteiger partial charge in [0.15, 0.2) is 6.04 Å². The molecule has 7 N–H and O–H groups in total. The molecule has 0 fully saturated rings. The molecule has 2 aliphatic heterocycles. The third-order valence-electron chi connectivity index (χ3n) is 13.2. The van der Waals surface area contributed by atoms with Crippen molar-refractivity contribution in [2.24, 2.45) is 0 Å². The Morgan fingerprint density at radius 1 is 0.707 bits per heavy atom. The molecule has 0 saturated carbocycles. The second-order valence-electron chi connectivity index (χ2n) is 16.9. The van der Waals surface area contributed by atoms with Gasteiger partial charge in [-0.25, -0.2) is 14.2 Å². The molecule has 9 rings (SSSR count). The second kappa shape index (κ2) is 12.3. The zero-order chi connectivity index (χ0) is 41.3. The lowest BCUT2D eigenvalue weighted by Gasteiger charge is -2.28. The summed E-state index contributed by atoms with van der Waals surface area (Å²) in [5, 5.41) is 19.3. The summed E-state index contributed by atoms with van der Waals surface area (Å²) in [5.41, 5.74) is 5.03. The molecule has 14 heteroatoms. The number of aromatic amines is 4. The average Bonchev–Trinajstić information content (AvgIpc) is 3.84. The van der Waals surface area contributed by atoms with E-state index in [4.69, 9.17) is 0 Å². The van der Waals surface area contributed by atoms with Gasteiger partial charge in [0.2, 0.25) is 11.1 Å². The molecule has 2 atom stereocenters. The minimum atomic E-state index is -0.472. The first-order valence-corrected chi connectivity index (χ1v) is 19.1. The highest BCUT2D eigenvalue weighted by molar-refractivity contribution is 6.52. The minimum Gasteiger partial charge on any atom is -0.506 e. The molecule has 3 aliphatic rings. The first-order valence-electron chi connectivity index (χ1n) is 19.1. The number of amides is 2. The van der Waals surface area contributed by atoms with Gasteiger partial charge in [-0.2, -0.15) is 0 Å². The summed E-state index contributed by atoms with van der Waals surface area (Å²) in [7, 11) is 3.96. The van der Waals surface area contributed by atoms with Crippen LogP contribution in [0.15, 0.2) is 76.0 Å². The molecule has 2 amide bonds. The number of hydrogen-bond donors (Lipinski definition) is 7. The number of Topliss-reactive ketones (excluding diaryl/α,β-unsaturated/α-hetero) is 1. The first-order chi connectivity index (χ1) is 27.4. The van der Waals surface area contributed by atoms with Crippen molar-refractivity contribution in [3.63, 3.8) is 0 Å². The molecule has 2 aromatic heterocycles. The molecule has 4 heterocycles. The van der Waals surface area contributed by atoms with Crippen LogP contribution in [0.3, 0.4) is 0 Å². The molecule has 14 nitrogen and oxygen atoms in total. The van der Waals surface area contributed by atoms with Crippen LogP contribution in [-0.2, 0) is 15.6 Å². The topological polar surface area (TPSA) is 199 Å². The molecule has 1 aliphatic carbocycles. The van der Waals surface area contributed by atoms with Crippen molar-refractivity contribution in [1.82, 2.24) is 24.5 Å². The first kappa shape index (κ1) is 36.7. The summed E-state index contributed by atoms with van der Waals surface area (Å²) >= 11 is 0. The monoisotopic (exact) mass is 779 g/mol. The van der Waals surface area contributed by atoms with E-state index in [1.54, 1.807) is 36.4 Å². The Morgan fingerprint density at radius 3 is 1.83 bits per heavy atom. The molecular formula is C44H43N8O6+. The number of carbonyl (C=O) groups is 3. The van der Waals surface area contributed by atoms with Crippen molar-refractivity contribution in [1.29, 1.82) is 0 Å². The molecule has 0 spiro atoms. The number of benzene rings is 4. The molecule has 2 unspecified atom stereocenters. The number of H-pyrrole nitrogens is 4. The van der Waals surface area contributed by atoms with Crippen molar-refractivity contribution in [2.45, 2.75) is 64.5 Å². The molecule has 0 radical (unpaired) electrons. The zero-order valence-corrected chi connectivity index (χ0v) is 33.3. The zero-order valence-electron chi connectivity index (χ0n) is 33.3. The largest absolute Gasteiger partial charge is 0.506 e. The van der Waals surface area contributed by atoms with Crippen molar-refractivity contribution >= 4 is 67.9 Å². The lowest BCUT2D eigenvalue weighted by molar-refractivity contribution is -0.109. The van der Waals surface area contributed by atoms with Crippen molar-refractivity contribution in [3.05, 3.63) is 126 Å². The number of aromatic nitrogens is 4. The molecule has 294 valence electrons. The Hall–Kier alpha value is -6.96. The Morgan fingerprint density at radius 2 is 1.26 bits per heavy atom. The number of allylic oxidation sites excluding steroid dienone is 2. The molecule has 58 heavy (non-hydrogen) atoms. The Bertz CT molecular complexity index is 3160. The lowest BCUT2D eigenvalue weighted by atomic mass is 9.76. The number of carbonyl (C=O) groups excluding carboxylic acids is 3. The highest BCUT2D eigenvalue weighted by Gasteiger charge is 2.46. The smallest absolute Gasteiger partial charge is 0.323 e. The van der Waals surface area contributed by atoms with Gasteiger partial charge in [0.05, 0.1) is 50.0 Å². The van der Waals surface area contributed by atoms with Gasteiger partial charge in [0.1, 0.15) is 12.8 Å². The van der Waals surface area contributed by atoms with E-state index in [0.717, 1.165) is 22.2 Å². The van der Waals surface area contributed by atoms with Gasteiger partial charge < -0.3 is 40.6 Å². The van der Waals surface area contributed by atoms with Gasteiger partial charge in [0.25, 0.3) is 11.8 Å². The number of fused-ring (bicyclic) bond motifs is 4. The van der Waals surface area contributed by atoms with Crippen LogP contribution in [0, 0.1) is 0 Å². The molecule has 6 aromatic rings. The number of aliphatic hydroxyl groups is 1. The van der Waals surface area contributed by atoms with Crippen LogP contribution < -0.4 is 42.1 Å². The Labute approximate surface area is 331 Å². The van der Waals surface area contributed by atoms with Gasteiger partial charge in [0, 0.05) is 57.7 Å². The van der Waals surface area contributed by atoms with Crippen molar-refractivity contribution < 1.29 is 19.5 Å². The van der Waals surface area contributed by atoms with E-state index in [9.17, 15) is 29.1 Å². The lowest BCUT2D eigenvalue weighted by Crippen LogP contribution is -2.36. The van der Waals surface area contributed by atoms with Crippen LogP contribution in [0.5, 0.6) is 0 Å². The van der Waals surface area contributed by atoms with E-state index in [-0.39, 0.29) is 50.9 Å². The molecular weight excluding hydrogens is 737 g/mol. The quantitative estimate of drug-likeness (QED) is 0.128. The Kier molecular flexibility index (Phi) is 7.76. The van der Waals surface area contributed by atoms with Gasteiger partial charge in [-0.05, 0) is 87.9 Å². The van der Waals surface area contributed by atoms with E-state index in [0.29, 0.717) is 44.2 Å². The normalized spacial score (nSPS) is 20.1. The van der Waals surface area contributed by atoms with Crippen LogP contribution in [0.25, 0.3) is 33.2 Å². The number of nitrogens with one attached hydrogen (secondary N) is 6. The van der Waals surface area contributed by atoms with E-state index >= 15 is 0 Å². The van der Waals surface area contributed by atoms with Crippen LogP contribution >= 0.6 is 0 Å². The van der Waals surface area contributed by atoms with Gasteiger partial charge in [-0.1, -0.05) is 13.8 Å². The van der Waals surface area contributed by atoms with E-state index in [1.165, 1.54) is 0 Å². The SMILES string of the molecule is CC1N(C)c2cc(NC(=O)c3ccc4[nH]c(=O)[nH]c4c3)c(C3=C(O)/C(=c4/cc5c(cc4NC(=O)c4ccc6[nH]c(=O)[nH]c6c4)=[N+](C)C(C)C5(C)C)C3=O)cc2C1(C)C. The second-order valence-corrected chi connectivity index (χ2v) is 16.9. The highest BCUT2D eigenvalue weighted by Crippen LogP contribution is 2.49. The maximum atomic E-state index is 14.7. The van der Waals surface area contributed by atoms with Crippen LogP contribution in [0.4, 0.5) is 17.1 Å². The van der Waals surface area contributed by atoms with Gasteiger partial charge in [-0.3, -0.25) is 14.4 Å². The number of aliphatic hydroxyl groups excluding tert-OH is 1. The summed E-state index contributed by atoms with van der Waals surface area (Å²) in [6, 6.07) is 17.2. The van der Waals surface area contributed by atoms with Gasteiger partial charge in [-0.15, -0.1) is 0 Å². The number of nitrogens with zero attached hydrogens (tertiary/aromatic N) is 2. The maximum Gasteiger partial charge on any atom is 0.323 e. The van der Waals surface area contributed by atoms with Crippen LogP contribution in [0.1, 0.15) is 78.9 Å². The highest BCUT2D eigenvalue weighted by atomic mass is 16.3. The average molecular weight is 780 g/mol. The third-order valence-corrected chi connectivity index (χ3v) is 13.2. The van der Waals surface area contributed by atoms with E-state index in [2.05, 4.69) is 81.6 Å². The number of imidazole rings is 2. The van der Waals surface area contributed by atoms with Crippen LogP contribution in [-0.4, -0.2) is 68.8 Å². The number of likely N-dealkylation sites (N-methyl/N-ethyl adjacent to an activating group) is 2. The fourth-order valence-electron chi connectivity index (χ4n) is 8.89. The number of hydrogen-bond acceptors (Lipinski definition) is 7. The van der Waals surface area contributed by atoms with Gasteiger partial charge >= 0.3 is 11.4 Å². The predicted molar refractivity (Wildman–Crippen MR) is 224 cm³/mol. The maximum absolute atomic E-state index is 14.7. The fraction of sp³-hybridized carbons (Fsp3) is 0.273. The summed E-state index contributed by atoms with van der Waals surface area (Å²) < 4.78 is 2.13. The number of anilines is 3. The summed E-state index contributed by atoms with van der Waals surface area (Å²) in [4.78, 5) is 79.1. The predicted octanol–water partition coefficient (Wildman–Crippen LogP) is 4.15. The van der Waals surface area contributed by atoms with Crippen LogP contribution in [0.2, 0.25) is 0 Å². The van der Waals surface area contributed by atoms with E-state index < -0.39 is 29.0 Å². The molecule has 4 aromatic carbocycles.